The monoisotopic (exact) mass is 377 g/mol. The lowest BCUT2D eigenvalue weighted by molar-refractivity contribution is -0.145. The molecule has 0 aliphatic heterocycles. The first kappa shape index (κ1) is 19.9. The molecule has 0 saturated carbocycles. The lowest BCUT2D eigenvalue weighted by Gasteiger charge is -2.18. The number of amides is 1. The first-order valence-electron chi connectivity index (χ1n) is 8.36. The molecular formula is C19H23NO5S. The Labute approximate surface area is 156 Å². The van der Waals surface area contributed by atoms with Gasteiger partial charge in [0, 0.05) is 4.70 Å². The second-order valence-electron chi connectivity index (χ2n) is 6.40. The van der Waals surface area contributed by atoms with Crippen LogP contribution in [0.4, 0.5) is 0 Å². The highest BCUT2D eigenvalue weighted by Gasteiger charge is 2.24. The molecule has 1 N–H and O–H groups in total. The van der Waals surface area contributed by atoms with Gasteiger partial charge in [-0.25, -0.2) is 9.59 Å². The minimum Gasteiger partial charge on any atom is -0.467 e. The number of aryl methyl sites for hydroxylation is 1. The Bertz CT molecular complexity index is 811. The number of methoxy groups -OCH3 is 1. The Morgan fingerprint density at radius 2 is 1.88 bits per heavy atom. The van der Waals surface area contributed by atoms with Gasteiger partial charge in [0.25, 0.3) is 5.91 Å². The van der Waals surface area contributed by atoms with Crippen molar-refractivity contribution in [3.05, 3.63) is 34.7 Å². The summed E-state index contributed by atoms with van der Waals surface area (Å²) in [6.45, 7) is 5.28. The van der Waals surface area contributed by atoms with Crippen LogP contribution in [0.2, 0.25) is 0 Å². The van der Waals surface area contributed by atoms with Crippen molar-refractivity contribution >= 4 is 39.3 Å². The van der Waals surface area contributed by atoms with Crippen molar-refractivity contribution in [2.24, 2.45) is 5.92 Å². The first-order valence-corrected chi connectivity index (χ1v) is 9.17. The number of carbonyl (C=O) groups excluding carboxylic acids is 3. The fraction of sp³-hybridized carbons (Fsp3) is 0.421. The smallest absolute Gasteiger partial charge is 0.349 e. The zero-order valence-corrected chi connectivity index (χ0v) is 16.1. The number of nitrogens with one attached hydrogen (secondary N) is 1. The van der Waals surface area contributed by atoms with E-state index in [9.17, 15) is 14.4 Å². The summed E-state index contributed by atoms with van der Waals surface area (Å²) in [7, 11) is 1.27. The van der Waals surface area contributed by atoms with E-state index in [1.807, 2.05) is 45.0 Å². The van der Waals surface area contributed by atoms with E-state index in [4.69, 9.17) is 9.47 Å². The second-order valence-corrected chi connectivity index (χ2v) is 7.45. The van der Waals surface area contributed by atoms with Gasteiger partial charge in [0.1, 0.15) is 10.9 Å². The van der Waals surface area contributed by atoms with E-state index in [-0.39, 0.29) is 5.92 Å². The summed E-state index contributed by atoms with van der Waals surface area (Å²) >= 11 is 1.33. The van der Waals surface area contributed by atoms with Gasteiger partial charge in [0.2, 0.25) is 0 Å². The summed E-state index contributed by atoms with van der Waals surface area (Å²) in [4.78, 5) is 36.6. The topological polar surface area (TPSA) is 81.7 Å². The Kier molecular flexibility index (Phi) is 6.74. The molecule has 140 valence electrons. The van der Waals surface area contributed by atoms with E-state index in [1.165, 1.54) is 18.4 Å². The highest BCUT2D eigenvalue weighted by Crippen LogP contribution is 2.30. The molecule has 0 radical (unpaired) electrons. The number of ether oxygens (including phenoxy) is 2. The van der Waals surface area contributed by atoms with Gasteiger partial charge < -0.3 is 14.8 Å². The lowest BCUT2D eigenvalue weighted by Crippen LogP contribution is -2.44. The molecule has 7 heteroatoms. The van der Waals surface area contributed by atoms with Gasteiger partial charge in [0.15, 0.2) is 6.61 Å². The standard InChI is InChI=1S/C19H23NO5S/c1-11(2)9-14(18(22)24-4)20-16(21)10-25-19(23)17-12(3)13-7-5-6-8-15(13)26-17/h5-8,11,14H,9-10H2,1-4H3,(H,20,21). The van der Waals surface area contributed by atoms with Gasteiger partial charge in [-0.2, -0.15) is 0 Å². The van der Waals surface area contributed by atoms with Crippen molar-refractivity contribution in [2.45, 2.75) is 33.2 Å². The molecule has 26 heavy (non-hydrogen) atoms. The predicted octanol–water partition coefficient (Wildman–Crippen LogP) is 3.07. The fourth-order valence-electron chi connectivity index (χ4n) is 2.63. The molecule has 1 aromatic carbocycles. The Balaban J connectivity index is 1.98. The molecule has 1 heterocycles. The molecular weight excluding hydrogens is 354 g/mol. The molecule has 2 rings (SSSR count). The summed E-state index contributed by atoms with van der Waals surface area (Å²) in [6.07, 6.45) is 0.446. The fourth-order valence-corrected chi connectivity index (χ4v) is 3.73. The number of rotatable bonds is 7. The normalized spacial score (nSPS) is 12.0. The van der Waals surface area contributed by atoms with Crippen LogP contribution in [-0.2, 0) is 19.1 Å². The number of hydrogen-bond acceptors (Lipinski definition) is 6. The van der Waals surface area contributed by atoms with Crippen LogP contribution < -0.4 is 5.32 Å². The van der Waals surface area contributed by atoms with E-state index in [2.05, 4.69) is 5.32 Å². The number of thiophene rings is 1. The van der Waals surface area contributed by atoms with Crippen molar-refractivity contribution in [3.63, 3.8) is 0 Å². The summed E-state index contributed by atoms with van der Waals surface area (Å²) in [6, 6.07) is 6.94. The average molecular weight is 377 g/mol. The van der Waals surface area contributed by atoms with Gasteiger partial charge in [-0.05, 0) is 36.3 Å². The number of fused-ring (bicyclic) bond motifs is 1. The van der Waals surface area contributed by atoms with Crippen LogP contribution in [-0.4, -0.2) is 37.6 Å². The minimum absolute atomic E-state index is 0.197. The summed E-state index contributed by atoms with van der Waals surface area (Å²) in [5.74, 6) is -1.40. The first-order chi connectivity index (χ1) is 12.3. The number of benzene rings is 1. The minimum atomic E-state index is -0.753. The van der Waals surface area contributed by atoms with Crippen molar-refractivity contribution in [1.29, 1.82) is 0 Å². The maximum atomic E-state index is 12.3. The molecule has 0 spiro atoms. The van der Waals surface area contributed by atoms with E-state index < -0.39 is 30.5 Å². The summed E-state index contributed by atoms with van der Waals surface area (Å²) < 4.78 is 10.8. The van der Waals surface area contributed by atoms with Gasteiger partial charge in [-0.3, -0.25) is 4.79 Å². The second kappa shape index (κ2) is 8.80. The van der Waals surface area contributed by atoms with Crippen LogP contribution in [0, 0.1) is 12.8 Å². The third kappa shape index (κ3) is 4.82. The van der Waals surface area contributed by atoms with E-state index in [0.717, 1.165) is 15.6 Å². The third-order valence-corrected chi connectivity index (χ3v) is 5.14. The molecule has 0 fully saturated rings. The van der Waals surface area contributed by atoms with Gasteiger partial charge in [0.05, 0.1) is 7.11 Å². The zero-order chi connectivity index (χ0) is 19.3. The van der Waals surface area contributed by atoms with E-state index in [1.54, 1.807) is 0 Å². The highest BCUT2D eigenvalue weighted by atomic mass is 32.1. The Morgan fingerprint density at radius 3 is 2.50 bits per heavy atom. The SMILES string of the molecule is COC(=O)C(CC(C)C)NC(=O)COC(=O)c1sc2ccccc2c1C. The molecule has 0 aliphatic carbocycles. The number of esters is 2. The molecule has 6 nitrogen and oxygen atoms in total. The van der Waals surface area contributed by atoms with Crippen LogP contribution in [0.15, 0.2) is 24.3 Å². The Hall–Kier alpha value is -2.41. The van der Waals surface area contributed by atoms with Crippen LogP contribution in [0.3, 0.4) is 0 Å². The van der Waals surface area contributed by atoms with Gasteiger partial charge in [-0.1, -0.05) is 32.0 Å². The van der Waals surface area contributed by atoms with Crippen molar-refractivity contribution in [2.75, 3.05) is 13.7 Å². The van der Waals surface area contributed by atoms with Gasteiger partial charge >= 0.3 is 11.9 Å². The highest BCUT2D eigenvalue weighted by molar-refractivity contribution is 7.21. The molecule has 1 atom stereocenters. The predicted molar refractivity (Wildman–Crippen MR) is 100 cm³/mol. The van der Waals surface area contributed by atoms with Gasteiger partial charge in [-0.15, -0.1) is 11.3 Å². The molecule has 0 aliphatic rings. The van der Waals surface area contributed by atoms with Crippen molar-refractivity contribution in [3.8, 4) is 0 Å². The van der Waals surface area contributed by atoms with E-state index in [0.29, 0.717) is 11.3 Å². The molecule has 0 saturated heterocycles. The molecule has 1 unspecified atom stereocenters. The average Bonchev–Trinajstić information content (AvgIpc) is 2.95. The van der Waals surface area contributed by atoms with Crippen LogP contribution in [0.5, 0.6) is 0 Å². The molecule has 1 amide bonds. The summed E-state index contributed by atoms with van der Waals surface area (Å²) in [5.41, 5.74) is 0.836. The van der Waals surface area contributed by atoms with Crippen molar-refractivity contribution < 1.29 is 23.9 Å². The molecule has 2 aromatic rings. The van der Waals surface area contributed by atoms with E-state index >= 15 is 0 Å². The summed E-state index contributed by atoms with van der Waals surface area (Å²) in [5, 5.41) is 3.56. The lowest BCUT2D eigenvalue weighted by atomic mass is 10.0. The molecule has 0 bridgehead atoms. The van der Waals surface area contributed by atoms with Crippen LogP contribution >= 0.6 is 11.3 Å². The van der Waals surface area contributed by atoms with Crippen molar-refractivity contribution in [1.82, 2.24) is 5.32 Å². The van der Waals surface area contributed by atoms with Crippen LogP contribution in [0.1, 0.15) is 35.5 Å². The Morgan fingerprint density at radius 1 is 1.19 bits per heavy atom. The zero-order valence-electron chi connectivity index (χ0n) is 15.3. The maximum absolute atomic E-state index is 12.3. The quantitative estimate of drug-likeness (QED) is 0.750. The third-order valence-electron chi connectivity index (χ3n) is 3.89. The number of hydrogen-bond donors (Lipinski definition) is 1. The largest absolute Gasteiger partial charge is 0.467 e. The molecule has 1 aromatic heterocycles. The van der Waals surface area contributed by atoms with Crippen LogP contribution in [0.25, 0.3) is 10.1 Å². The maximum Gasteiger partial charge on any atom is 0.349 e. The number of carbonyl (C=O) groups is 3.